The Bertz CT molecular complexity index is 959. The van der Waals surface area contributed by atoms with Crippen LogP contribution in [0.1, 0.15) is 43.2 Å². The number of hydrogen-bond acceptors (Lipinski definition) is 4. The molecule has 3 aromatic rings. The fourth-order valence-electron chi connectivity index (χ4n) is 3.35. The van der Waals surface area contributed by atoms with Crippen LogP contribution in [0.2, 0.25) is 0 Å². The highest BCUT2D eigenvalue weighted by Crippen LogP contribution is 2.21. The van der Waals surface area contributed by atoms with Gasteiger partial charge in [0.15, 0.2) is 5.96 Å². The van der Waals surface area contributed by atoms with Crippen LogP contribution in [-0.2, 0) is 25.1 Å². The van der Waals surface area contributed by atoms with Gasteiger partial charge in [0.25, 0.3) is 0 Å². The molecule has 0 aliphatic heterocycles. The highest BCUT2D eigenvalue weighted by Gasteiger charge is 2.27. The fourth-order valence-corrected chi connectivity index (χ4v) is 3.35. The maximum atomic E-state index is 10.7. The average Bonchev–Trinajstić information content (AvgIpc) is 3.40. The van der Waals surface area contributed by atoms with Crippen LogP contribution in [0, 0.1) is 6.92 Å². The second kappa shape index (κ2) is 10.8. The number of aryl methyl sites for hydroxylation is 3. The lowest BCUT2D eigenvalue weighted by Crippen LogP contribution is -2.44. The van der Waals surface area contributed by atoms with Gasteiger partial charge in [-0.25, -0.2) is 9.98 Å². The quantitative estimate of drug-likeness (QED) is 0.344. The molecular weight excluding hydrogens is 390 g/mol. The molecule has 0 spiro atoms. The minimum Gasteiger partial charge on any atom is -0.463 e. The van der Waals surface area contributed by atoms with Crippen molar-refractivity contribution in [1.82, 2.24) is 20.2 Å². The zero-order valence-electron chi connectivity index (χ0n) is 18.6. The van der Waals surface area contributed by atoms with Crippen molar-refractivity contribution in [1.29, 1.82) is 0 Å². The van der Waals surface area contributed by atoms with Crippen LogP contribution in [0.25, 0.3) is 0 Å². The van der Waals surface area contributed by atoms with Gasteiger partial charge in [0, 0.05) is 25.5 Å². The summed E-state index contributed by atoms with van der Waals surface area (Å²) in [6.07, 6.45) is 5.89. The van der Waals surface area contributed by atoms with Crippen molar-refractivity contribution in [2.24, 2.45) is 4.99 Å². The summed E-state index contributed by atoms with van der Waals surface area (Å²) in [6.45, 7) is 7.94. The molecule has 31 heavy (non-hydrogen) atoms. The molecule has 1 unspecified atom stereocenters. The lowest BCUT2D eigenvalue weighted by atomic mass is 10.0. The standard InChI is InChI=1S/C24H33N5O2/c1-4-25-23(28-18-24(3,30)21-13-12-19(2)31-21)27-17-22-26-14-16-29(22)15-8-11-20-9-6-5-7-10-20/h5-7,9-10,12-14,16,30H,4,8,11,15,17-18H2,1-3H3,(H2,25,27,28). The first kappa shape index (κ1) is 22.6. The summed E-state index contributed by atoms with van der Waals surface area (Å²) >= 11 is 0. The Balaban J connectivity index is 1.56. The highest BCUT2D eigenvalue weighted by molar-refractivity contribution is 5.79. The van der Waals surface area contributed by atoms with Gasteiger partial charge < -0.3 is 24.7 Å². The van der Waals surface area contributed by atoms with E-state index in [1.165, 1.54) is 5.56 Å². The SMILES string of the molecule is CCNC(=NCc1nccn1CCCc1ccccc1)NCC(C)(O)c1ccc(C)o1. The normalized spacial score (nSPS) is 13.7. The molecule has 0 bridgehead atoms. The van der Waals surface area contributed by atoms with E-state index in [4.69, 9.17) is 4.42 Å². The van der Waals surface area contributed by atoms with Crippen molar-refractivity contribution < 1.29 is 9.52 Å². The minimum absolute atomic E-state index is 0.275. The van der Waals surface area contributed by atoms with Gasteiger partial charge in [-0.1, -0.05) is 30.3 Å². The van der Waals surface area contributed by atoms with E-state index in [1.807, 2.05) is 38.4 Å². The van der Waals surface area contributed by atoms with Crippen molar-refractivity contribution in [3.8, 4) is 0 Å². The highest BCUT2D eigenvalue weighted by atomic mass is 16.4. The molecule has 1 atom stereocenters. The molecule has 1 aromatic carbocycles. The summed E-state index contributed by atoms with van der Waals surface area (Å²) in [5.74, 6) is 2.85. The van der Waals surface area contributed by atoms with Gasteiger partial charge in [-0.05, 0) is 51.3 Å². The van der Waals surface area contributed by atoms with Crippen LogP contribution in [0.5, 0.6) is 0 Å². The Morgan fingerprint density at radius 3 is 2.71 bits per heavy atom. The van der Waals surface area contributed by atoms with E-state index in [0.717, 1.165) is 37.5 Å². The molecule has 2 heterocycles. The topological polar surface area (TPSA) is 87.6 Å². The van der Waals surface area contributed by atoms with Crippen LogP contribution >= 0.6 is 0 Å². The van der Waals surface area contributed by atoms with E-state index in [9.17, 15) is 5.11 Å². The summed E-state index contributed by atoms with van der Waals surface area (Å²) in [4.78, 5) is 9.12. The molecule has 7 heteroatoms. The lowest BCUT2D eigenvalue weighted by molar-refractivity contribution is 0.0378. The Hall–Kier alpha value is -3.06. The molecule has 0 radical (unpaired) electrons. The second-order valence-electron chi connectivity index (χ2n) is 7.86. The maximum absolute atomic E-state index is 10.7. The molecule has 0 saturated heterocycles. The summed E-state index contributed by atoms with van der Waals surface area (Å²) in [5.41, 5.74) is 0.208. The Morgan fingerprint density at radius 1 is 1.19 bits per heavy atom. The van der Waals surface area contributed by atoms with Crippen LogP contribution in [0.3, 0.4) is 0 Å². The Kier molecular flexibility index (Phi) is 7.89. The first-order chi connectivity index (χ1) is 15.0. The molecule has 0 saturated carbocycles. The predicted molar refractivity (Wildman–Crippen MR) is 123 cm³/mol. The average molecular weight is 424 g/mol. The summed E-state index contributed by atoms with van der Waals surface area (Å²) in [7, 11) is 0. The summed E-state index contributed by atoms with van der Waals surface area (Å²) in [5, 5.41) is 17.2. The van der Waals surface area contributed by atoms with Crippen molar-refractivity contribution in [3.05, 3.63) is 77.8 Å². The Labute approximate surface area is 184 Å². The first-order valence-electron chi connectivity index (χ1n) is 10.8. The van der Waals surface area contributed by atoms with Gasteiger partial charge in [-0.2, -0.15) is 0 Å². The largest absolute Gasteiger partial charge is 0.463 e. The van der Waals surface area contributed by atoms with Gasteiger partial charge in [-0.15, -0.1) is 0 Å². The minimum atomic E-state index is -1.14. The monoisotopic (exact) mass is 423 g/mol. The molecule has 0 amide bonds. The van der Waals surface area contributed by atoms with Crippen LogP contribution < -0.4 is 10.6 Å². The number of furan rings is 1. The number of aliphatic hydroxyl groups is 1. The van der Waals surface area contributed by atoms with Crippen molar-refractivity contribution in [2.45, 2.75) is 52.3 Å². The predicted octanol–water partition coefficient (Wildman–Crippen LogP) is 3.38. The molecule has 0 aliphatic carbocycles. The van der Waals surface area contributed by atoms with Crippen LogP contribution in [-0.4, -0.2) is 33.7 Å². The molecule has 2 aromatic heterocycles. The van der Waals surface area contributed by atoms with Gasteiger partial charge in [0.05, 0.1) is 6.54 Å². The van der Waals surface area contributed by atoms with Crippen molar-refractivity contribution >= 4 is 5.96 Å². The number of imidazole rings is 1. The molecule has 0 aliphatic rings. The van der Waals surface area contributed by atoms with Crippen LogP contribution in [0.4, 0.5) is 0 Å². The van der Waals surface area contributed by atoms with Crippen molar-refractivity contribution in [3.63, 3.8) is 0 Å². The third kappa shape index (κ3) is 6.72. The third-order valence-corrected chi connectivity index (χ3v) is 5.10. The molecule has 0 fully saturated rings. The van der Waals surface area contributed by atoms with E-state index in [1.54, 1.807) is 13.0 Å². The van der Waals surface area contributed by atoms with Crippen LogP contribution in [0.15, 0.2) is 64.3 Å². The second-order valence-corrected chi connectivity index (χ2v) is 7.86. The molecular formula is C24H33N5O2. The summed E-state index contributed by atoms with van der Waals surface area (Å²) < 4.78 is 7.73. The zero-order chi connectivity index (χ0) is 22.1. The van der Waals surface area contributed by atoms with E-state index < -0.39 is 5.60 Å². The molecule has 7 nitrogen and oxygen atoms in total. The number of rotatable bonds is 10. The van der Waals surface area contributed by atoms with E-state index in [-0.39, 0.29) is 6.54 Å². The van der Waals surface area contributed by atoms with E-state index in [0.29, 0.717) is 18.3 Å². The number of nitrogens with zero attached hydrogens (tertiary/aromatic N) is 3. The third-order valence-electron chi connectivity index (χ3n) is 5.10. The zero-order valence-corrected chi connectivity index (χ0v) is 18.6. The van der Waals surface area contributed by atoms with E-state index >= 15 is 0 Å². The number of benzene rings is 1. The van der Waals surface area contributed by atoms with Gasteiger partial charge in [-0.3, -0.25) is 0 Å². The Morgan fingerprint density at radius 2 is 2.00 bits per heavy atom. The fraction of sp³-hybridized carbons (Fsp3) is 0.417. The number of aromatic nitrogens is 2. The molecule has 3 N–H and O–H groups in total. The summed E-state index contributed by atoms with van der Waals surface area (Å²) in [6, 6.07) is 14.2. The maximum Gasteiger partial charge on any atom is 0.191 e. The van der Waals surface area contributed by atoms with Gasteiger partial charge >= 0.3 is 0 Å². The van der Waals surface area contributed by atoms with E-state index in [2.05, 4.69) is 49.4 Å². The number of nitrogens with one attached hydrogen (secondary N) is 2. The van der Waals surface area contributed by atoms with Gasteiger partial charge in [0.2, 0.25) is 0 Å². The number of hydrogen-bond donors (Lipinski definition) is 3. The first-order valence-corrected chi connectivity index (χ1v) is 10.8. The lowest BCUT2D eigenvalue weighted by Gasteiger charge is -2.22. The smallest absolute Gasteiger partial charge is 0.191 e. The molecule has 3 rings (SSSR count). The number of aliphatic imine (C=N–C) groups is 1. The van der Waals surface area contributed by atoms with Crippen molar-refractivity contribution in [2.75, 3.05) is 13.1 Å². The van der Waals surface area contributed by atoms with Gasteiger partial charge in [0.1, 0.15) is 29.5 Å². The number of guanidine groups is 1. The molecule has 166 valence electrons.